The summed E-state index contributed by atoms with van der Waals surface area (Å²) in [6.07, 6.45) is 3.51. The van der Waals surface area contributed by atoms with E-state index in [1.807, 2.05) is 37.6 Å². The molecule has 3 aromatic heterocycles. The van der Waals surface area contributed by atoms with E-state index in [1.54, 1.807) is 35.1 Å². The summed E-state index contributed by atoms with van der Waals surface area (Å²) in [5, 5.41) is 20.5. The first-order valence-electron chi connectivity index (χ1n) is 7.51. The molecule has 0 atom stereocenters. The monoisotopic (exact) mass is 371 g/mol. The van der Waals surface area contributed by atoms with Gasteiger partial charge >= 0.3 is 0 Å². The summed E-state index contributed by atoms with van der Waals surface area (Å²) < 4.78 is 0. The van der Waals surface area contributed by atoms with Crippen LogP contribution >= 0.6 is 22.7 Å². The lowest BCUT2D eigenvalue weighted by Gasteiger charge is -2.04. The third kappa shape index (κ3) is 4.46. The Bertz CT molecular complexity index is 911. The van der Waals surface area contributed by atoms with Gasteiger partial charge < -0.3 is 0 Å². The molecule has 2 N–H and O–H groups in total. The van der Waals surface area contributed by atoms with Crippen LogP contribution in [0.4, 0.5) is 11.8 Å². The summed E-state index contributed by atoms with van der Waals surface area (Å²) in [7, 11) is 0. The van der Waals surface area contributed by atoms with Gasteiger partial charge in [-0.3, -0.25) is 5.43 Å². The second-order valence-electron chi connectivity index (χ2n) is 5.25. The van der Waals surface area contributed by atoms with Gasteiger partial charge in [-0.1, -0.05) is 0 Å². The molecule has 3 rings (SSSR count). The second-order valence-corrected chi connectivity index (χ2v) is 7.14. The second kappa shape index (κ2) is 7.95. The Balaban J connectivity index is 1.66. The summed E-state index contributed by atoms with van der Waals surface area (Å²) in [6, 6.07) is 4.10. The fourth-order valence-electron chi connectivity index (χ4n) is 1.87. The standard InChI is InChI=1S/C16H17N7S2/c1-10-4-6-24-13(10)8-17-21-15-12(3)20-23-16(19-15)22-18-9-14-11(2)5-7-25-14/h4-9H,1-3H3,(H2,19,21,22,23). The third-order valence-corrected chi connectivity index (χ3v) is 5.26. The van der Waals surface area contributed by atoms with Gasteiger partial charge in [0.05, 0.1) is 12.4 Å². The van der Waals surface area contributed by atoms with E-state index in [4.69, 9.17) is 0 Å². The van der Waals surface area contributed by atoms with Crippen molar-refractivity contribution in [2.45, 2.75) is 20.8 Å². The first-order valence-corrected chi connectivity index (χ1v) is 9.27. The summed E-state index contributed by atoms with van der Waals surface area (Å²) in [5.74, 6) is 0.839. The minimum atomic E-state index is 0.307. The van der Waals surface area contributed by atoms with Crippen LogP contribution in [0.2, 0.25) is 0 Å². The van der Waals surface area contributed by atoms with Crippen molar-refractivity contribution in [1.82, 2.24) is 15.2 Å². The van der Waals surface area contributed by atoms with E-state index in [9.17, 15) is 0 Å². The van der Waals surface area contributed by atoms with Gasteiger partial charge in [-0.15, -0.1) is 32.9 Å². The van der Waals surface area contributed by atoms with Crippen LogP contribution in [0.3, 0.4) is 0 Å². The molecule has 7 nitrogen and oxygen atoms in total. The minimum absolute atomic E-state index is 0.307. The number of rotatable bonds is 6. The molecule has 0 saturated carbocycles. The van der Waals surface area contributed by atoms with Crippen LogP contribution < -0.4 is 10.9 Å². The van der Waals surface area contributed by atoms with Crippen molar-refractivity contribution in [3.63, 3.8) is 0 Å². The zero-order valence-electron chi connectivity index (χ0n) is 14.0. The van der Waals surface area contributed by atoms with Gasteiger partial charge in [0.15, 0.2) is 5.82 Å². The lowest BCUT2D eigenvalue weighted by Crippen LogP contribution is -2.05. The van der Waals surface area contributed by atoms with Crippen molar-refractivity contribution in [3.05, 3.63) is 49.5 Å². The van der Waals surface area contributed by atoms with Crippen LogP contribution in [0, 0.1) is 20.8 Å². The van der Waals surface area contributed by atoms with Crippen LogP contribution in [0.5, 0.6) is 0 Å². The summed E-state index contributed by atoms with van der Waals surface area (Å²) in [5.41, 5.74) is 8.72. The van der Waals surface area contributed by atoms with E-state index < -0.39 is 0 Å². The number of hydrogen-bond acceptors (Lipinski definition) is 9. The first-order chi connectivity index (χ1) is 12.1. The number of thiophene rings is 2. The molecule has 0 aromatic carbocycles. The van der Waals surface area contributed by atoms with E-state index in [2.05, 4.69) is 42.3 Å². The highest BCUT2D eigenvalue weighted by Crippen LogP contribution is 2.14. The van der Waals surface area contributed by atoms with E-state index in [-0.39, 0.29) is 0 Å². The number of hydrazone groups is 2. The Kier molecular flexibility index (Phi) is 5.46. The largest absolute Gasteiger partial charge is 0.265 e. The molecule has 0 aliphatic carbocycles. The normalized spacial score (nSPS) is 11.5. The molecule has 0 aliphatic rings. The van der Waals surface area contributed by atoms with Gasteiger partial charge in [-0.2, -0.15) is 15.2 Å². The van der Waals surface area contributed by atoms with Crippen LogP contribution in [-0.4, -0.2) is 27.6 Å². The van der Waals surface area contributed by atoms with Crippen molar-refractivity contribution in [2.75, 3.05) is 10.9 Å². The van der Waals surface area contributed by atoms with E-state index >= 15 is 0 Å². The topological polar surface area (TPSA) is 87.5 Å². The Morgan fingerprint density at radius 2 is 1.48 bits per heavy atom. The molecule has 0 radical (unpaired) electrons. The molecular formula is C16H17N7S2. The lowest BCUT2D eigenvalue weighted by atomic mass is 10.3. The highest BCUT2D eigenvalue weighted by molar-refractivity contribution is 7.12. The molecule has 25 heavy (non-hydrogen) atoms. The van der Waals surface area contributed by atoms with Gasteiger partial charge in [0.2, 0.25) is 0 Å². The van der Waals surface area contributed by atoms with Crippen LogP contribution in [0.25, 0.3) is 0 Å². The molecule has 128 valence electrons. The van der Waals surface area contributed by atoms with E-state index in [0.717, 1.165) is 9.75 Å². The number of aryl methyl sites for hydroxylation is 3. The predicted octanol–water partition coefficient (Wildman–Crippen LogP) is 3.81. The summed E-state index contributed by atoms with van der Waals surface area (Å²) in [4.78, 5) is 6.52. The fourth-order valence-corrected chi connectivity index (χ4v) is 3.44. The quantitative estimate of drug-likeness (QED) is 0.508. The molecule has 3 heterocycles. The maximum absolute atomic E-state index is 4.34. The van der Waals surface area contributed by atoms with E-state index in [0.29, 0.717) is 17.5 Å². The van der Waals surface area contributed by atoms with Crippen LogP contribution in [0.15, 0.2) is 33.1 Å². The molecule has 0 unspecified atom stereocenters. The van der Waals surface area contributed by atoms with Gasteiger partial charge in [0.1, 0.15) is 5.69 Å². The average Bonchev–Trinajstić information content (AvgIpc) is 3.19. The Hall–Kier alpha value is -2.65. The maximum Gasteiger partial charge on any atom is 0.265 e. The highest BCUT2D eigenvalue weighted by atomic mass is 32.1. The van der Waals surface area contributed by atoms with Crippen molar-refractivity contribution < 1.29 is 0 Å². The molecule has 0 spiro atoms. The van der Waals surface area contributed by atoms with Gasteiger partial charge in [-0.05, 0) is 54.8 Å². The van der Waals surface area contributed by atoms with Crippen molar-refractivity contribution in [2.24, 2.45) is 10.2 Å². The molecule has 9 heteroatoms. The van der Waals surface area contributed by atoms with Gasteiger partial charge in [0.25, 0.3) is 5.95 Å². The smallest absolute Gasteiger partial charge is 0.260 e. The molecule has 0 fully saturated rings. The number of nitrogens with zero attached hydrogens (tertiary/aromatic N) is 5. The molecular weight excluding hydrogens is 354 g/mol. The zero-order chi connectivity index (χ0) is 17.6. The summed E-state index contributed by atoms with van der Waals surface area (Å²) >= 11 is 3.26. The number of aromatic nitrogens is 3. The Morgan fingerprint density at radius 3 is 2.04 bits per heavy atom. The number of hydrogen-bond donors (Lipinski definition) is 2. The van der Waals surface area contributed by atoms with Crippen molar-refractivity contribution in [1.29, 1.82) is 0 Å². The third-order valence-electron chi connectivity index (χ3n) is 3.36. The number of anilines is 2. The molecule has 3 aromatic rings. The SMILES string of the molecule is Cc1ccsc1C=NNc1nnc(C)c(NN=Cc2sccc2C)n1. The molecule has 0 saturated heterocycles. The Morgan fingerprint density at radius 1 is 0.880 bits per heavy atom. The van der Waals surface area contributed by atoms with Crippen LogP contribution in [-0.2, 0) is 0 Å². The Labute approximate surface area is 153 Å². The average molecular weight is 371 g/mol. The van der Waals surface area contributed by atoms with Gasteiger partial charge in [-0.25, -0.2) is 5.43 Å². The fraction of sp³-hybridized carbons (Fsp3) is 0.188. The molecule has 0 aliphatic heterocycles. The molecule has 0 amide bonds. The van der Waals surface area contributed by atoms with Crippen molar-refractivity contribution in [3.8, 4) is 0 Å². The predicted molar refractivity (Wildman–Crippen MR) is 105 cm³/mol. The lowest BCUT2D eigenvalue weighted by molar-refractivity contribution is 0.922. The van der Waals surface area contributed by atoms with Gasteiger partial charge in [0, 0.05) is 9.75 Å². The first kappa shape index (κ1) is 17.2. The highest BCUT2D eigenvalue weighted by Gasteiger charge is 2.04. The zero-order valence-corrected chi connectivity index (χ0v) is 15.6. The minimum Gasteiger partial charge on any atom is -0.260 e. The summed E-state index contributed by atoms with van der Waals surface area (Å²) in [6.45, 7) is 5.90. The van der Waals surface area contributed by atoms with E-state index in [1.165, 1.54) is 11.1 Å². The van der Waals surface area contributed by atoms with Crippen molar-refractivity contribution >= 4 is 46.9 Å². The van der Waals surface area contributed by atoms with Crippen LogP contribution in [0.1, 0.15) is 26.6 Å². The molecule has 0 bridgehead atoms. The maximum atomic E-state index is 4.34. The number of nitrogens with one attached hydrogen (secondary N) is 2.